The predicted molar refractivity (Wildman–Crippen MR) is 147 cm³/mol. The van der Waals surface area contributed by atoms with E-state index < -0.39 is 16.1 Å². The molecule has 9 nitrogen and oxygen atoms in total. The number of benzene rings is 3. The Hall–Kier alpha value is -3.92. The fourth-order valence-electron chi connectivity index (χ4n) is 4.34. The molecule has 0 bridgehead atoms. The van der Waals surface area contributed by atoms with Crippen LogP contribution in [0.5, 0.6) is 17.2 Å². The molecule has 1 saturated heterocycles. The maximum absolute atomic E-state index is 13.5. The first kappa shape index (κ1) is 27.1. The van der Waals surface area contributed by atoms with Crippen molar-refractivity contribution in [3.05, 3.63) is 72.8 Å². The zero-order valence-electron chi connectivity index (χ0n) is 22.0. The summed E-state index contributed by atoms with van der Waals surface area (Å²) in [6.45, 7) is 3.76. The molecule has 3 aromatic carbocycles. The van der Waals surface area contributed by atoms with E-state index in [1.54, 1.807) is 68.5 Å². The van der Waals surface area contributed by atoms with Crippen LogP contribution in [-0.2, 0) is 14.8 Å². The minimum atomic E-state index is -3.83. The summed E-state index contributed by atoms with van der Waals surface area (Å²) in [7, 11) is 0.797. The van der Waals surface area contributed by atoms with Crippen molar-refractivity contribution in [2.24, 2.45) is 0 Å². The van der Waals surface area contributed by atoms with Gasteiger partial charge >= 0.3 is 0 Å². The van der Waals surface area contributed by atoms with Crippen LogP contribution in [0, 0.1) is 0 Å². The number of carbonyl (C=O) groups excluding carboxylic acids is 1. The van der Waals surface area contributed by atoms with Crippen LogP contribution in [0.25, 0.3) is 0 Å². The lowest BCUT2D eigenvalue weighted by atomic mass is 10.2. The van der Waals surface area contributed by atoms with Crippen LogP contribution >= 0.6 is 0 Å². The zero-order chi connectivity index (χ0) is 27.3. The Labute approximate surface area is 224 Å². The summed E-state index contributed by atoms with van der Waals surface area (Å²) < 4.78 is 44.7. The number of nitrogens with zero attached hydrogens (tertiary/aromatic N) is 3. The second-order valence-corrected chi connectivity index (χ2v) is 10.9. The van der Waals surface area contributed by atoms with Gasteiger partial charge in [0.1, 0.15) is 17.2 Å². The van der Waals surface area contributed by atoms with Gasteiger partial charge in [0.05, 0.1) is 30.5 Å². The number of methoxy groups -OCH3 is 2. The molecule has 1 heterocycles. The highest BCUT2D eigenvalue weighted by Crippen LogP contribution is 2.34. The van der Waals surface area contributed by atoms with E-state index in [1.807, 2.05) is 35.2 Å². The number of piperazine rings is 1. The Kier molecular flexibility index (Phi) is 8.31. The molecule has 1 atom stereocenters. The number of rotatable bonds is 9. The number of hydrogen-bond donors (Lipinski definition) is 0. The van der Waals surface area contributed by atoms with Crippen LogP contribution in [0.15, 0.2) is 77.7 Å². The molecule has 0 aliphatic carbocycles. The molecular formula is C28H33N3O6S. The number of ether oxygens (including phenoxy) is 3. The maximum atomic E-state index is 13.5. The van der Waals surface area contributed by atoms with Gasteiger partial charge in [-0.25, -0.2) is 8.42 Å². The standard InChI is InChI=1S/C28H33N3O6S/c1-21(37-24-8-6-5-7-9-24)28(32)31-18-16-30(17-19-31)26-20-25(14-15-27(26)36-4)38(33,34)29(2)22-10-12-23(35-3)13-11-22/h5-15,20-21H,16-19H2,1-4H3. The molecule has 0 N–H and O–H groups in total. The van der Waals surface area contributed by atoms with Gasteiger partial charge in [0.15, 0.2) is 6.10 Å². The highest BCUT2D eigenvalue weighted by atomic mass is 32.2. The van der Waals surface area contributed by atoms with Crippen LogP contribution in [0.3, 0.4) is 0 Å². The van der Waals surface area contributed by atoms with Crippen molar-refractivity contribution < 1.29 is 27.4 Å². The quantitative estimate of drug-likeness (QED) is 0.410. The van der Waals surface area contributed by atoms with Crippen molar-refractivity contribution in [1.29, 1.82) is 0 Å². The Morgan fingerprint density at radius 1 is 0.868 bits per heavy atom. The van der Waals surface area contributed by atoms with Crippen LogP contribution in [0.2, 0.25) is 0 Å². The van der Waals surface area contributed by atoms with Gasteiger partial charge in [-0.2, -0.15) is 0 Å². The predicted octanol–water partition coefficient (Wildman–Crippen LogP) is 3.65. The molecule has 0 radical (unpaired) electrons. The molecule has 1 unspecified atom stereocenters. The van der Waals surface area contributed by atoms with Crippen LogP contribution < -0.4 is 23.4 Å². The van der Waals surface area contributed by atoms with Crippen molar-refractivity contribution in [2.75, 3.05) is 56.7 Å². The molecule has 1 aliphatic rings. The van der Waals surface area contributed by atoms with E-state index in [1.165, 1.54) is 11.4 Å². The van der Waals surface area contributed by atoms with Crippen LogP contribution in [0.1, 0.15) is 6.92 Å². The second kappa shape index (κ2) is 11.6. The van der Waals surface area contributed by atoms with Crippen LogP contribution in [0.4, 0.5) is 11.4 Å². The fraction of sp³-hybridized carbons (Fsp3) is 0.321. The Balaban J connectivity index is 1.47. The maximum Gasteiger partial charge on any atom is 0.264 e. The monoisotopic (exact) mass is 539 g/mol. The van der Waals surface area contributed by atoms with Gasteiger partial charge in [0.25, 0.3) is 15.9 Å². The molecule has 10 heteroatoms. The van der Waals surface area contributed by atoms with Crippen molar-refractivity contribution in [3.8, 4) is 17.2 Å². The third kappa shape index (κ3) is 5.80. The molecular weight excluding hydrogens is 506 g/mol. The lowest BCUT2D eigenvalue weighted by Crippen LogP contribution is -2.52. The minimum absolute atomic E-state index is 0.0853. The Bertz CT molecular complexity index is 1340. The van der Waals surface area contributed by atoms with E-state index >= 15 is 0 Å². The van der Waals surface area contributed by atoms with Crippen molar-refractivity contribution in [2.45, 2.75) is 17.9 Å². The van der Waals surface area contributed by atoms with Gasteiger partial charge in [-0.05, 0) is 61.5 Å². The molecule has 4 rings (SSSR count). The number of para-hydroxylation sites is 1. The molecule has 38 heavy (non-hydrogen) atoms. The number of sulfonamides is 1. The van der Waals surface area contributed by atoms with Gasteiger partial charge < -0.3 is 24.0 Å². The summed E-state index contributed by atoms with van der Waals surface area (Å²) in [6.07, 6.45) is -0.611. The zero-order valence-corrected chi connectivity index (χ0v) is 22.8. The second-order valence-electron chi connectivity index (χ2n) is 8.89. The van der Waals surface area contributed by atoms with Gasteiger partial charge in [-0.15, -0.1) is 0 Å². The first-order valence-corrected chi connectivity index (χ1v) is 13.7. The first-order chi connectivity index (χ1) is 18.2. The van der Waals surface area contributed by atoms with Crippen molar-refractivity contribution >= 4 is 27.3 Å². The topological polar surface area (TPSA) is 88.6 Å². The third-order valence-electron chi connectivity index (χ3n) is 6.58. The van der Waals surface area contributed by atoms with Gasteiger partial charge in [-0.1, -0.05) is 18.2 Å². The minimum Gasteiger partial charge on any atom is -0.497 e. The molecule has 0 saturated carbocycles. The SMILES string of the molecule is COc1ccc(N(C)S(=O)(=O)c2ccc(OC)c(N3CCN(C(=O)C(C)Oc4ccccc4)CC3)c2)cc1. The average Bonchev–Trinajstić information content (AvgIpc) is 2.96. The summed E-state index contributed by atoms with van der Waals surface area (Å²) in [4.78, 5) is 16.9. The summed E-state index contributed by atoms with van der Waals surface area (Å²) in [5, 5.41) is 0. The molecule has 3 aromatic rings. The molecule has 0 aromatic heterocycles. The van der Waals surface area contributed by atoms with E-state index in [2.05, 4.69) is 0 Å². The summed E-state index contributed by atoms with van der Waals surface area (Å²) in [6, 6.07) is 20.9. The third-order valence-corrected chi connectivity index (χ3v) is 8.36. The summed E-state index contributed by atoms with van der Waals surface area (Å²) in [5.41, 5.74) is 1.18. The van der Waals surface area contributed by atoms with Crippen LogP contribution in [-0.4, -0.2) is 72.8 Å². The summed E-state index contributed by atoms with van der Waals surface area (Å²) in [5.74, 6) is 1.77. The van der Waals surface area contributed by atoms with Gasteiger partial charge in [0.2, 0.25) is 0 Å². The molecule has 202 valence electrons. The first-order valence-electron chi connectivity index (χ1n) is 12.3. The van der Waals surface area contributed by atoms with E-state index in [-0.39, 0.29) is 10.8 Å². The number of hydrogen-bond acceptors (Lipinski definition) is 7. The lowest BCUT2D eigenvalue weighted by Gasteiger charge is -2.37. The van der Waals surface area contributed by atoms with E-state index in [9.17, 15) is 13.2 Å². The van der Waals surface area contributed by atoms with E-state index in [4.69, 9.17) is 14.2 Å². The molecule has 1 amide bonds. The number of anilines is 2. The Morgan fingerprint density at radius 2 is 1.53 bits per heavy atom. The van der Waals surface area contributed by atoms with Gasteiger partial charge in [0, 0.05) is 33.2 Å². The highest BCUT2D eigenvalue weighted by Gasteiger charge is 2.29. The molecule has 1 fully saturated rings. The van der Waals surface area contributed by atoms with E-state index in [0.29, 0.717) is 54.8 Å². The largest absolute Gasteiger partial charge is 0.497 e. The average molecular weight is 540 g/mol. The number of amides is 1. The smallest absolute Gasteiger partial charge is 0.264 e. The number of carbonyl (C=O) groups is 1. The van der Waals surface area contributed by atoms with Gasteiger partial charge in [-0.3, -0.25) is 9.10 Å². The fourth-order valence-corrected chi connectivity index (χ4v) is 5.56. The van der Waals surface area contributed by atoms with E-state index in [0.717, 1.165) is 0 Å². The molecule has 0 spiro atoms. The molecule has 1 aliphatic heterocycles. The Morgan fingerprint density at radius 3 is 2.13 bits per heavy atom. The van der Waals surface area contributed by atoms with Crippen molar-refractivity contribution in [3.63, 3.8) is 0 Å². The van der Waals surface area contributed by atoms with Crippen molar-refractivity contribution in [1.82, 2.24) is 4.90 Å². The lowest BCUT2D eigenvalue weighted by molar-refractivity contribution is -0.138. The highest BCUT2D eigenvalue weighted by molar-refractivity contribution is 7.92. The normalized spacial score (nSPS) is 14.5. The summed E-state index contributed by atoms with van der Waals surface area (Å²) >= 11 is 0.